The van der Waals surface area contributed by atoms with Crippen LogP contribution in [0.3, 0.4) is 0 Å². The van der Waals surface area contributed by atoms with Crippen LogP contribution in [0.2, 0.25) is 0 Å². The number of para-hydroxylation sites is 1. The number of carbonyl (C=O) groups excluding carboxylic acids is 1. The fraction of sp³-hybridized carbons (Fsp3) is 0.318. The zero-order chi connectivity index (χ0) is 20.6. The number of rotatable bonds is 4. The second-order valence-electron chi connectivity index (χ2n) is 7.76. The summed E-state index contributed by atoms with van der Waals surface area (Å²) in [6.07, 6.45) is 1.45. The molecule has 2 amide bonds. The van der Waals surface area contributed by atoms with E-state index in [2.05, 4.69) is 17.1 Å². The lowest BCUT2D eigenvalue weighted by atomic mass is 9.74. The molecule has 150 valence electrons. The molecule has 1 aliphatic heterocycles. The minimum atomic E-state index is -0.971. The molecule has 0 radical (unpaired) electrons. The Morgan fingerprint density at radius 1 is 1.24 bits per heavy atom. The number of benzene rings is 2. The maximum absolute atomic E-state index is 12.1. The zero-order valence-corrected chi connectivity index (χ0v) is 16.3. The molecule has 2 atom stereocenters. The summed E-state index contributed by atoms with van der Waals surface area (Å²) in [5, 5.41) is 9.95. The molecule has 1 saturated heterocycles. The van der Waals surface area contributed by atoms with Crippen LogP contribution < -0.4 is 5.73 Å². The van der Waals surface area contributed by atoms with Gasteiger partial charge in [0, 0.05) is 6.54 Å². The number of amides is 2. The van der Waals surface area contributed by atoms with Gasteiger partial charge in [-0.15, -0.1) is 0 Å². The number of primary amides is 1. The Morgan fingerprint density at radius 2 is 2.00 bits per heavy atom. The standard InChI is InChI=1S/C22H24N4O3/c1-22(20-24-17-11-5-10-16(19(23)27)18(17)25-20)15(9-6-12-26(22)21(28)29)13-14-7-3-2-4-8-14/h2-5,7-8,10-11,15H,6,9,12-13H2,1H3,(H2,23,27)(H,24,25)(H,28,29). The molecule has 2 aromatic carbocycles. The maximum Gasteiger partial charge on any atom is 0.408 e. The molecule has 29 heavy (non-hydrogen) atoms. The van der Waals surface area contributed by atoms with E-state index in [0.717, 1.165) is 24.8 Å². The van der Waals surface area contributed by atoms with Crippen LogP contribution in [-0.4, -0.2) is 38.5 Å². The third-order valence-electron chi connectivity index (χ3n) is 6.10. The maximum atomic E-state index is 12.1. The second kappa shape index (κ2) is 7.24. The number of piperidine rings is 1. The van der Waals surface area contributed by atoms with Crippen molar-refractivity contribution in [3.8, 4) is 0 Å². The molecule has 0 aliphatic carbocycles. The van der Waals surface area contributed by atoms with E-state index in [1.165, 1.54) is 4.90 Å². The summed E-state index contributed by atoms with van der Waals surface area (Å²) in [4.78, 5) is 33.4. The number of imidazole rings is 1. The van der Waals surface area contributed by atoms with Crippen molar-refractivity contribution in [3.63, 3.8) is 0 Å². The summed E-state index contributed by atoms with van der Waals surface area (Å²) < 4.78 is 0. The summed E-state index contributed by atoms with van der Waals surface area (Å²) in [6, 6.07) is 15.3. The first-order chi connectivity index (χ1) is 13.9. The van der Waals surface area contributed by atoms with Crippen LogP contribution in [0.5, 0.6) is 0 Å². The van der Waals surface area contributed by atoms with Gasteiger partial charge in [-0.1, -0.05) is 36.4 Å². The smallest absolute Gasteiger partial charge is 0.408 e. The van der Waals surface area contributed by atoms with Gasteiger partial charge >= 0.3 is 6.09 Å². The van der Waals surface area contributed by atoms with Crippen molar-refractivity contribution in [1.29, 1.82) is 0 Å². The van der Waals surface area contributed by atoms with Crippen molar-refractivity contribution >= 4 is 23.0 Å². The van der Waals surface area contributed by atoms with E-state index in [0.29, 0.717) is 29.0 Å². The second-order valence-corrected chi connectivity index (χ2v) is 7.76. The SMILES string of the molecule is CC1(c2nc3c(C(N)=O)cccc3[nH]2)C(Cc2ccccc2)CCCN1C(=O)O. The van der Waals surface area contributed by atoms with Crippen LogP contribution in [0.1, 0.15) is 41.5 Å². The fourth-order valence-electron chi connectivity index (χ4n) is 4.52. The largest absolute Gasteiger partial charge is 0.465 e. The van der Waals surface area contributed by atoms with Gasteiger partial charge in [0.15, 0.2) is 0 Å². The highest BCUT2D eigenvalue weighted by molar-refractivity contribution is 6.04. The number of nitrogens with zero attached hydrogens (tertiary/aromatic N) is 2. The van der Waals surface area contributed by atoms with Crippen molar-refractivity contribution in [3.05, 3.63) is 65.5 Å². The number of fused-ring (bicyclic) bond motifs is 1. The summed E-state index contributed by atoms with van der Waals surface area (Å²) in [5.41, 5.74) is 7.29. The molecule has 4 N–H and O–H groups in total. The van der Waals surface area contributed by atoms with Gasteiger partial charge < -0.3 is 15.8 Å². The first kappa shape index (κ1) is 19.0. The number of H-pyrrole nitrogens is 1. The topological polar surface area (TPSA) is 112 Å². The number of hydrogen-bond acceptors (Lipinski definition) is 3. The van der Waals surface area contributed by atoms with Crippen molar-refractivity contribution in [2.24, 2.45) is 11.7 Å². The van der Waals surface area contributed by atoms with Gasteiger partial charge in [-0.05, 0) is 49.8 Å². The molecular formula is C22H24N4O3. The Bertz CT molecular complexity index is 1060. The highest BCUT2D eigenvalue weighted by atomic mass is 16.4. The van der Waals surface area contributed by atoms with E-state index in [1.54, 1.807) is 12.1 Å². The Morgan fingerprint density at radius 3 is 2.69 bits per heavy atom. The lowest BCUT2D eigenvalue weighted by Gasteiger charge is -2.47. The molecule has 0 saturated carbocycles. The molecule has 3 aromatic rings. The van der Waals surface area contributed by atoms with E-state index in [4.69, 9.17) is 10.7 Å². The Hall–Kier alpha value is -3.35. The summed E-state index contributed by atoms with van der Waals surface area (Å²) in [6.45, 7) is 2.37. The monoisotopic (exact) mass is 392 g/mol. The van der Waals surface area contributed by atoms with Gasteiger partial charge in [0.2, 0.25) is 0 Å². The summed E-state index contributed by atoms with van der Waals surface area (Å²) in [7, 11) is 0. The lowest BCUT2D eigenvalue weighted by molar-refractivity contribution is 0.00802. The molecule has 7 heteroatoms. The van der Waals surface area contributed by atoms with Crippen LogP contribution in [-0.2, 0) is 12.0 Å². The Kier molecular flexibility index (Phi) is 4.74. The van der Waals surface area contributed by atoms with E-state index < -0.39 is 17.5 Å². The molecule has 1 aromatic heterocycles. The first-order valence-corrected chi connectivity index (χ1v) is 9.74. The van der Waals surface area contributed by atoms with Gasteiger partial charge in [-0.3, -0.25) is 9.69 Å². The minimum Gasteiger partial charge on any atom is -0.465 e. The number of nitrogens with two attached hydrogens (primary N) is 1. The van der Waals surface area contributed by atoms with E-state index >= 15 is 0 Å². The van der Waals surface area contributed by atoms with Crippen LogP contribution in [0, 0.1) is 5.92 Å². The number of nitrogens with one attached hydrogen (secondary N) is 1. The lowest BCUT2D eigenvalue weighted by Crippen LogP contribution is -2.56. The molecule has 0 bridgehead atoms. The molecule has 1 fully saturated rings. The highest BCUT2D eigenvalue weighted by Gasteiger charge is 2.48. The molecule has 4 rings (SSSR count). The summed E-state index contributed by atoms with van der Waals surface area (Å²) >= 11 is 0. The van der Waals surface area contributed by atoms with Gasteiger partial charge in [-0.2, -0.15) is 0 Å². The van der Waals surface area contributed by atoms with Gasteiger partial charge in [-0.25, -0.2) is 9.78 Å². The molecule has 0 spiro atoms. The number of carbonyl (C=O) groups is 2. The molecule has 2 unspecified atom stereocenters. The van der Waals surface area contributed by atoms with Crippen molar-refractivity contribution in [2.75, 3.05) is 6.54 Å². The number of carboxylic acid groups (broad SMARTS) is 1. The van der Waals surface area contributed by atoms with Crippen LogP contribution >= 0.6 is 0 Å². The summed E-state index contributed by atoms with van der Waals surface area (Å²) in [5.74, 6) is 0.0231. The molecule has 7 nitrogen and oxygen atoms in total. The number of aromatic amines is 1. The van der Waals surface area contributed by atoms with E-state index in [1.807, 2.05) is 31.2 Å². The Balaban J connectivity index is 1.84. The van der Waals surface area contributed by atoms with Crippen LogP contribution in [0.15, 0.2) is 48.5 Å². The number of likely N-dealkylation sites (tertiary alicyclic amines) is 1. The predicted octanol–water partition coefficient (Wildman–Crippen LogP) is 3.51. The third-order valence-corrected chi connectivity index (χ3v) is 6.10. The molecule has 1 aliphatic rings. The van der Waals surface area contributed by atoms with Gasteiger partial charge in [0.1, 0.15) is 16.9 Å². The number of aromatic nitrogens is 2. The van der Waals surface area contributed by atoms with Crippen molar-refractivity contribution < 1.29 is 14.7 Å². The van der Waals surface area contributed by atoms with E-state index in [-0.39, 0.29) is 5.92 Å². The highest BCUT2D eigenvalue weighted by Crippen LogP contribution is 2.43. The van der Waals surface area contributed by atoms with E-state index in [9.17, 15) is 14.7 Å². The fourth-order valence-corrected chi connectivity index (χ4v) is 4.52. The molecular weight excluding hydrogens is 368 g/mol. The Labute approximate surface area is 168 Å². The first-order valence-electron chi connectivity index (χ1n) is 9.74. The van der Waals surface area contributed by atoms with Gasteiger partial charge in [0.25, 0.3) is 5.91 Å². The van der Waals surface area contributed by atoms with Crippen molar-refractivity contribution in [1.82, 2.24) is 14.9 Å². The quantitative estimate of drug-likeness (QED) is 0.630. The zero-order valence-electron chi connectivity index (χ0n) is 16.3. The van der Waals surface area contributed by atoms with Gasteiger partial charge in [0.05, 0.1) is 11.1 Å². The van der Waals surface area contributed by atoms with Crippen molar-refractivity contribution in [2.45, 2.75) is 31.7 Å². The number of hydrogen-bond donors (Lipinski definition) is 3. The average molecular weight is 392 g/mol. The average Bonchev–Trinajstić information content (AvgIpc) is 3.15. The normalized spacial score (nSPS) is 22.0. The predicted molar refractivity (Wildman–Crippen MR) is 110 cm³/mol. The minimum absolute atomic E-state index is 0.0346. The third kappa shape index (κ3) is 3.22. The van der Waals surface area contributed by atoms with Crippen LogP contribution in [0.4, 0.5) is 4.79 Å². The van der Waals surface area contributed by atoms with Crippen LogP contribution in [0.25, 0.3) is 11.0 Å². The molecule has 2 heterocycles.